The minimum atomic E-state index is -0.269. The molecule has 0 unspecified atom stereocenters. The second-order valence-corrected chi connectivity index (χ2v) is 5.01. The Morgan fingerprint density at radius 1 is 1.06 bits per heavy atom. The van der Waals surface area contributed by atoms with E-state index in [1.807, 2.05) is 6.07 Å². The molecule has 2 aliphatic rings. The van der Waals surface area contributed by atoms with Gasteiger partial charge in [0.25, 0.3) is 0 Å². The highest BCUT2D eigenvalue weighted by molar-refractivity contribution is 5.35. The van der Waals surface area contributed by atoms with Crippen LogP contribution >= 0.6 is 0 Å². The number of piperidine rings is 1. The van der Waals surface area contributed by atoms with Gasteiger partial charge in [0.05, 0.1) is 6.10 Å². The highest BCUT2D eigenvalue weighted by atomic mass is 16.3. The van der Waals surface area contributed by atoms with Crippen LogP contribution < -0.4 is 0 Å². The Balaban J connectivity index is 1.80. The third kappa shape index (κ3) is 1.66. The van der Waals surface area contributed by atoms with Crippen molar-refractivity contribution in [2.75, 3.05) is 13.1 Å². The van der Waals surface area contributed by atoms with E-state index in [1.165, 1.54) is 24.8 Å². The summed E-state index contributed by atoms with van der Waals surface area (Å²) in [5.74, 6) is 0. The van der Waals surface area contributed by atoms with Crippen LogP contribution in [-0.2, 0) is 6.42 Å². The summed E-state index contributed by atoms with van der Waals surface area (Å²) in [5.41, 5.74) is 2.49. The van der Waals surface area contributed by atoms with E-state index < -0.39 is 0 Å². The van der Waals surface area contributed by atoms with Crippen LogP contribution in [0.5, 0.6) is 0 Å². The zero-order chi connectivity index (χ0) is 11.0. The summed E-state index contributed by atoms with van der Waals surface area (Å²) in [6, 6.07) is 8.66. The zero-order valence-electron chi connectivity index (χ0n) is 9.60. The van der Waals surface area contributed by atoms with Crippen LogP contribution in [0.4, 0.5) is 0 Å². The highest BCUT2D eigenvalue weighted by Gasteiger charge is 2.34. The molecule has 1 N–H and O–H groups in total. The third-order valence-electron chi connectivity index (χ3n) is 4.03. The summed E-state index contributed by atoms with van der Waals surface area (Å²) in [4.78, 5) is 2.48. The van der Waals surface area contributed by atoms with Crippen LogP contribution in [0.15, 0.2) is 24.3 Å². The maximum atomic E-state index is 10.4. The monoisotopic (exact) mass is 217 g/mol. The average molecular weight is 217 g/mol. The summed E-state index contributed by atoms with van der Waals surface area (Å²) < 4.78 is 0. The predicted molar refractivity (Wildman–Crippen MR) is 64.3 cm³/mol. The normalized spacial score (nSPS) is 30.3. The Labute approximate surface area is 96.9 Å². The molecule has 1 aliphatic carbocycles. The predicted octanol–water partition coefficient (Wildman–Crippen LogP) is 2.13. The first-order chi connectivity index (χ1) is 7.86. The van der Waals surface area contributed by atoms with Gasteiger partial charge in [0.1, 0.15) is 0 Å². The summed E-state index contributed by atoms with van der Waals surface area (Å²) in [7, 11) is 0. The molecule has 0 saturated carbocycles. The van der Waals surface area contributed by atoms with Crippen molar-refractivity contribution in [3.63, 3.8) is 0 Å². The number of nitrogens with zero attached hydrogens (tertiary/aromatic N) is 1. The average Bonchev–Trinajstić information content (AvgIpc) is 2.69. The molecule has 0 amide bonds. The quantitative estimate of drug-likeness (QED) is 0.779. The van der Waals surface area contributed by atoms with E-state index in [2.05, 4.69) is 23.1 Å². The first kappa shape index (κ1) is 10.3. The number of likely N-dealkylation sites (tertiary alicyclic amines) is 1. The smallest absolute Gasteiger partial charge is 0.0951 e. The lowest BCUT2D eigenvalue weighted by atomic mass is 10.0. The minimum absolute atomic E-state index is 0.269. The summed E-state index contributed by atoms with van der Waals surface area (Å²) in [6.07, 6.45) is 4.69. The van der Waals surface area contributed by atoms with Crippen LogP contribution in [0.1, 0.15) is 36.5 Å². The van der Waals surface area contributed by atoms with E-state index in [4.69, 9.17) is 0 Å². The molecule has 86 valence electrons. The molecule has 2 nitrogen and oxygen atoms in total. The van der Waals surface area contributed by atoms with Gasteiger partial charge in [-0.2, -0.15) is 0 Å². The Hall–Kier alpha value is -0.860. The van der Waals surface area contributed by atoms with E-state index in [1.54, 1.807) is 0 Å². The van der Waals surface area contributed by atoms with Crippen molar-refractivity contribution >= 4 is 0 Å². The van der Waals surface area contributed by atoms with Crippen molar-refractivity contribution in [2.45, 2.75) is 37.8 Å². The number of hydrogen-bond donors (Lipinski definition) is 1. The highest BCUT2D eigenvalue weighted by Crippen LogP contribution is 2.35. The van der Waals surface area contributed by atoms with Gasteiger partial charge in [0.15, 0.2) is 0 Å². The maximum Gasteiger partial charge on any atom is 0.0951 e. The fraction of sp³-hybridized carbons (Fsp3) is 0.571. The molecule has 1 aliphatic heterocycles. The van der Waals surface area contributed by atoms with E-state index in [9.17, 15) is 5.11 Å². The largest absolute Gasteiger partial charge is 0.387 e. The Bertz CT molecular complexity index is 371. The van der Waals surface area contributed by atoms with Gasteiger partial charge in [-0.25, -0.2) is 0 Å². The molecule has 0 aromatic heterocycles. The molecule has 1 fully saturated rings. The molecule has 2 atom stereocenters. The standard InChI is InChI=1S/C14H19NO/c16-14-12-7-3-2-6-11(12)10-13(14)15-8-4-1-5-9-15/h2-3,6-7,13-14,16H,1,4-5,8-10H2/t13-,14-/m1/s1. The van der Waals surface area contributed by atoms with Crippen LogP contribution in [0, 0.1) is 0 Å². The fourth-order valence-corrected chi connectivity index (χ4v) is 3.13. The van der Waals surface area contributed by atoms with Gasteiger partial charge in [-0.15, -0.1) is 0 Å². The number of benzene rings is 1. The van der Waals surface area contributed by atoms with Crippen molar-refractivity contribution in [1.29, 1.82) is 0 Å². The Morgan fingerprint density at radius 3 is 2.56 bits per heavy atom. The number of aliphatic hydroxyl groups is 1. The molecule has 3 rings (SSSR count). The van der Waals surface area contributed by atoms with Crippen LogP contribution in [0.2, 0.25) is 0 Å². The topological polar surface area (TPSA) is 23.5 Å². The number of hydrogen-bond acceptors (Lipinski definition) is 2. The summed E-state index contributed by atoms with van der Waals surface area (Å²) in [5, 5.41) is 10.4. The van der Waals surface area contributed by atoms with Crippen molar-refractivity contribution in [3.05, 3.63) is 35.4 Å². The first-order valence-corrected chi connectivity index (χ1v) is 6.36. The van der Waals surface area contributed by atoms with Gasteiger partial charge in [0.2, 0.25) is 0 Å². The van der Waals surface area contributed by atoms with E-state index in [0.29, 0.717) is 6.04 Å². The van der Waals surface area contributed by atoms with Crippen molar-refractivity contribution in [2.24, 2.45) is 0 Å². The lowest BCUT2D eigenvalue weighted by Crippen LogP contribution is -2.41. The molecule has 0 radical (unpaired) electrons. The third-order valence-corrected chi connectivity index (χ3v) is 4.03. The van der Waals surface area contributed by atoms with Crippen LogP contribution in [-0.4, -0.2) is 29.1 Å². The van der Waals surface area contributed by atoms with Gasteiger partial charge in [0, 0.05) is 6.04 Å². The molecule has 1 aromatic rings. The molecular weight excluding hydrogens is 198 g/mol. The second kappa shape index (κ2) is 4.19. The van der Waals surface area contributed by atoms with Crippen molar-refractivity contribution in [1.82, 2.24) is 4.90 Å². The summed E-state index contributed by atoms with van der Waals surface area (Å²) >= 11 is 0. The SMILES string of the molecule is O[C@@H]1c2ccccc2C[C@H]1N1CCCCC1. The van der Waals surface area contributed by atoms with E-state index in [-0.39, 0.29) is 6.10 Å². The van der Waals surface area contributed by atoms with Crippen LogP contribution in [0.25, 0.3) is 0 Å². The van der Waals surface area contributed by atoms with Gasteiger partial charge < -0.3 is 5.11 Å². The van der Waals surface area contributed by atoms with Gasteiger partial charge >= 0.3 is 0 Å². The van der Waals surface area contributed by atoms with Gasteiger partial charge in [-0.05, 0) is 43.5 Å². The Kier molecular flexibility index (Phi) is 2.70. The second-order valence-electron chi connectivity index (χ2n) is 5.01. The lowest BCUT2D eigenvalue weighted by Gasteiger charge is -2.34. The zero-order valence-corrected chi connectivity index (χ0v) is 9.60. The molecule has 2 heteroatoms. The molecule has 1 aromatic carbocycles. The summed E-state index contributed by atoms with van der Waals surface area (Å²) in [6.45, 7) is 2.32. The molecule has 1 heterocycles. The van der Waals surface area contributed by atoms with Gasteiger partial charge in [-0.3, -0.25) is 4.90 Å². The fourth-order valence-electron chi connectivity index (χ4n) is 3.13. The van der Waals surface area contributed by atoms with Gasteiger partial charge in [-0.1, -0.05) is 30.7 Å². The molecule has 0 bridgehead atoms. The Morgan fingerprint density at radius 2 is 1.81 bits per heavy atom. The molecular formula is C14H19NO. The van der Waals surface area contributed by atoms with Crippen LogP contribution in [0.3, 0.4) is 0 Å². The number of aliphatic hydroxyl groups excluding tert-OH is 1. The molecule has 1 saturated heterocycles. The molecule has 16 heavy (non-hydrogen) atoms. The van der Waals surface area contributed by atoms with E-state index in [0.717, 1.165) is 25.1 Å². The van der Waals surface area contributed by atoms with Crippen molar-refractivity contribution in [3.8, 4) is 0 Å². The minimum Gasteiger partial charge on any atom is -0.387 e. The van der Waals surface area contributed by atoms with Crippen molar-refractivity contribution < 1.29 is 5.11 Å². The molecule has 0 spiro atoms. The van der Waals surface area contributed by atoms with E-state index >= 15 is 0 Å². The first-order valence-electron chi connectivity index (χ1n) is 6.36. The number of fused-ring (bicyclic) bond motifs is 1. The maximum absolute atomic E-state index is 10.4. The lowest BCUT2D eigenvalue weighted by molar-refractivity contribution is 0.0494. The number of rotatable bonds is 1.